The van der Waals surface area contributed by atoms with Crippen LogP contribution in [0.1, 0.15) is 69.2 Å². The first-order valence-corrected chi connectivity index (χ1v) is 7.62. The van der Waals surface area contributed by atoms with Gasteiger partial charge in [-0.05, 0) is 55.7 Å². The predicted molar refractivity (Wildman–Crippen MR) is 79.0 cm³/mol. The summed E-state index contributed by atoms with van der Waals surface area (Å²) in [5, 5.41) is 3.78. The van der Waals surface area contributed by atoms with Gasteiger partial charge in [-0.25, -0.2) is 0 Å². The lowest BCUT2D eigenvalue weighted by Crippen LogP contribution is -2.30. The fourth-order valence-electron chi connectivity index (χ4n) is 3.06. The van der Waals surface area contributed by atoms with Gasteiger partial charge in [0.05, 0.1) is 0 Å². The van der Waals surface area contributed by atoms with Gasteiger partial charge in [-0.2, -0.15) is 0 Å². The van der Waals surface area contributed by atoms with Crippen molar-refractivity contribution < 1.29 is 0 Å². The molecule has 1 aromatic carbocycles. The Balaban J connectivity index is 2.02. The van der Waals surface area contributed by atoms with Gasteiger partial charge in [-0.15, -0.1) is 0 Å². The van der Waals surface area contributed by atoms with E-state index in [2.05, 4.69) is 44.3 Å². The van der Waals surface area contributed by atoms with E-state index in [1.807, 2.05) is 0 Å². The van der Waals surface area contributed by atoms with Crippen molar-refractivity contribution in [2.45, 2.75) is 71.4 Å². The Morgan fingerprint density at radius 2 is 1.94 bits per heavy atom. The highest BCUT2D eigenvalue weighted by Gasteiger charge is 2.15. The monoisotopic (exact) mass is 245 g/mol. The van der Waals surface area contributed by atoms with Crippen molar-refractivity contribution in [1.29, 1.82) is 0 Å². The summed E-state index contributed by atoms with van der Waals surface area (Å²) >= 11 is 0. The summed E-state index contributed by atoms with van der Waals surface area (Å²) in [6.45, 7) is 6.85. The van der Waals surface area contributed by atoms with E-state index >= 15 is 0 Å². The smallest absolute Gasteiger partial charge is 0.0294 e. The molecule has 0 amide bonds. The maximum absolute atomic E-state index is 3.78. The number of rotatable bonds is 6. The molecule has 2 unspecified atom stereocenters. The van der Waals surface area contributed by atoms with Crippen LogP contribution in [0.15, 0.2) is 18.2 Å². The van der Waals surface area contributed by atoms with Crippen LogP contribution in [-0.4, -0.2) is 6.04 Å². The lowest BCUT2D eigenvalue weighted by atomic mass is 10.0. The van der Waals surface area contributed by atoms with Gasteiger partial charge < -0.3 is 5.32 Å². The second kappa shape index (κ2) is 6.38. The van der Waals surface area contributed by atoms with Crippen LogP contribution in [0, 0.1) is 0 Å². The summed E-state index contributed by atoms with van der Waals surface area (Å²) in [6.07, 6.45) is 7.68. The maximum atomic E-state index is 3.78. The zero-order valence-corrected chi connectivity index (χ0v) is 12.1. The SMILES string of the molecule is CCCC(CC)NC(C)c1ccc2c(c1)CCC2. The molecule has 1 aliphatic rings. The highest BCUT2D eigenvalue weighted by Crippen LogP contribution is 2.25. The van der Waals surface area contributed by atoms with Crippen LogP contribution in [-0.2, 0) is 12.8 Å². The molecule has 1 heteroatoms. The molecule has 100 valence electrons. The highest BCUT2D eigenvalue weighted by molar-refractivity contribution is 5.36. The van der Waals surface area contributed by atoms with Gasteiger partial charge >= 0.3 is 0 Å². The van der Waals surface area contributed by atoms with Crippen molar-refractivity contribution in [3.63, 3.8) is 0 Å². The van der Waals surface area contributed by atoms with Gasteiger partial charge in [0, 0.05) is 12.1 Å². The Labute approximate surface area is 112 Å². The lowest BCUT2D eigenvalue weighted by molar-refractivity contribution is 0.417. The minimum absolute atomic E-state index is 0.479. The maximum Gasteiger partial charge on any atom is 0.0294 e. The summed E-state index contributed by atoms with van der Waals surface area (Å²) in [7, 11) is 0. The van der Waals surface area contributed by atoms with Crippen LogP contribution in [0.25, 0.3) is 0 Å². The van der Waals surface area contributed by atoms with E-state index in [9.17, 15) is 0 Å². The Kier molecular flexibility index (Phi) is 4.82. The molecule has 0 radical (unpaired) electrons. The number of hydrogen-bond acceptors (Lipinski definition) is 1. The Morgan fingerprint density at radius 1 is 1.17 bits per heavy atom. The van der Waals surface area contributed by atoms with Gasteiger partial charge in [0.1, 0.15) is 0 Å². The van der Waals surface area contributed by atoms with Crippen LogP contribution in [0.2, 0.25) is 0 Å². The molecule has 0 bridgehead atoms. The molecular formula is C17H27N. The minimum Gasteiger partial charge on any atom is -0.307 e. The molecule has 0 saturated carbocycles. The van der Waals surface area contributed by atoms with Gasteiger partial charge in [-0.1, -0.05) is 38.5 Å². The standard InChI is InChI=1S/C17H27N/c1-4-7-17(5-2)18-13(3)15-11-10-14-8-6-9-16(14)12-15/h10-13,17-18H,4-9H2,1-3H3. The van der Waals surface area contributed by atoms with Gasteiger partial charge in [0.15, 0.2) is 0 Å². The van der Waals surface area contributed by atoms with Crippen molar-refractivity contribution in [3.8, 4) is 0 Å². The Bertz CT molecular complexity index is 383. The van der Waals surface area contributed by atoms with E-state index in [1.165, 1.54) is 44.1 Å². The predicted octanol–water partition coefficient (Wildman–Crippen LogP) is 4.40. The molecular weight excluding hydrogens is 218 g/mol. The van der Waals surface area contributed by atoms with Gasteiger partial charge in [-0.3, -0.25) is 0 Å². The molecule has 0 saturated heterocycles. The van der Waals surface area contributed by atoms with Crippen molar-refractivity contribution in [2.24, 2.45) is 0 Å². The minimum atomic E-state index is 0.479. The molecule has 2 atom stereocenters. The number of hydrogen-bond donors (Lipinski definition) is 1. The average Bonchev–Trinajstić information content (AvgIpc) is 2.85. The molecule has 1 nitrogen and oxygen atoms in total. The van der Waals surface area contributed by atoms with Crippen LogP contribution in [0.5, 0.6) is 0 Å². The Hall–Kier alpha value is -0.820. The molecule has 1 aliphatic carbocycles. The fourth-order valence-corrected chi connectivity index (χ4v) is 3.06. The first-order chi connectivity index (χ1) is 8.74. The molecule has 0 heterocycles. The van der Waals surface area contributed by atoms with Crippen molar-refractivity contribution in [2.75, 3.05) is 0 Å². The van der Waals surface area contributed by atoms with Crippen LogP contribution >= 0.6 is 0 Å². The van der Waals surface area contributed by atoms with Crippen molar-refractivity contribution in [1.82, 2.24) is 5.32 Å². The van der Waals surface area contributed by atoms with Gasteiger partial charge in [0.25, 0.3) is 0 Å². The summed E-state index contributed by atoms with van der Waals surface area (Å²) in [6, 6.07) is 8.24. The van der Waals surface area contributed by atoms with E-state index < -0.39 is 0 Å². The zero-order valence-electron chi connectivity index (χ0n) is 12.1. The molecule has 1 N–H and O–H groups in total. The molecule has 0 spiro atoms. The number of aryl methyl sites for hydroxylation is 2. The number of fused-ring (bicyclic) bond motifs is 1. The van der Waals surface area contributed by atoms with Crippen molar-refractivity contribution >= 4 is 0 Å². The molecule has 18 heavy (non-hydrogen) atoms. The van der Waals surface area contributed by atoms with Crippen molar-refractivity contribution in [3.05, 3.63) is 34.9 Å². The largest absolute Gasteiger partial charge is 0.307 e. The first kappa shape index (κ1) is 13.6. The van der Waals surface area contributed by atoms with Crippen LogP contribution in [0.3, 0.4) is 0 Å². The third kappa shape index (κ3) is 3.14. The summed E-state index contributed by atoms with van der Waals surface area (Å²) in [4.78, 5) is 0. The quantitative estimate of drug-likeness (QED) is 0.783. The van der Waals surface area contributed by atoms with E-state index in [4.69, 9.17) is 0 Å². The summed E-state index contributed by atoms with van der Waals surface area (Å²) < 4.78 is 0. The molecule has 0 aliphatic heterocycles. The Morgan fingerprint density at radius 3 is 2.67 bits per heavy atom. The second-order valence-corrected chi connectivity index (χ2v) is 5.66. The van der Waals surface area contributed by atoms with E-state index in [1.54, 1.807) is 11.1 Å². The third-order valence-electron chi connectivity index (χ3n) is 4.24. The fraction of sp³-hybridized carbons (Fsp3) is 0.647. The number of nitrogens with one attached hydrogen (secondary N) is 1. The summed E-state index contributed by atoms with van der Waals surface area (Å²) in [5.74, 6) is 0. The lowest BCUT2D eigenvalue weighted by Gasteiger charge is -2.22. The third-order valence-corrected chi connectivity index (χ3v) is 4.24. The molecule has 1 aromatic rings. The molecule has 2 rings (SSSR count). The molecule has 0 aromatic heterocycles. The zero-order chi connectivity index (χ0) is 13.0. The van der Waals surface area contributed by atoms with E-state index in [-0.39, 0.29) is 0 Å². The number of benzene rings is 1. The van der Waals surface area contributed by atoms with Crippen LogP contribution < -0.4 is 5.32 Å². The topological polar surface area (TPSA) is 12.0 Å². The first-order valence-electron chi connectivity index (χ1n) is 7.62. The van der Waals surface area contributed by atoms with E-state index in [0.29, 0.717) is 12.1 Å². The normalized spacial score (nSPS) is 17.5. The van der Waals surface area contributed by atoms with Gasteiger partial charge in [0.2, 0.25) is 0 Å². The summed E-state index contributed by atoms with van der Waals surface area (Å²) in [5.41, 5.74) is 4.63. The second-order valence-electron chi connectivity index (χ2n) is 5.66. The average molecular weight is 245 g/mol. The molecule has 0 fully saturated rings. The highest BCUT2D eigenvalue weighted by atomic mass is 14.9. The van der Waals surface area contributed by atoms with E-state index in [0.717, 1.165) is 0 Å². The van der Waals surface area contributed by atoms with Crippen LogP contribution in [0.4, 0.5) is 0 Å².